The number of hydrogen-bond acceptors (Lipinski definition) is 3. The van der Waals surface area contributed by atoms with Gasteiger partial charge in [0.2, 0.25) is 0 Å². The molecule has 0 aliphatic heterocycles. The maximum absolute atomic E-state index is 13.8. The molecule has 0 aromatic heterocycles. The van der Waals surface area contributed by atoms with Crippen LogP contribution in [0, 0.1) is 5.82 Å². The van der Waals surface area contributed by atoms with Crippen LogP contribution in [-0.2, 0) is 13.2 Å². The molecule has 2 rings (SSSR count). The van der Waals surface area contributed by atoms with Gasteiger partial charge in [0.05, 0.1) is 5.02 Å². The highest BCUT2D eigenvalue weighted by molar-refractivity contribution is 6.31. The molecule has 3 nitrogen and oxygen atoms in total. The molecule has 0 unspecified atom stereocenters. The van der Waals surface area contributed by atoms with E-state index in [-0.39, 0.29) is 12.4 Å². The van der Waals surface area contributed by atoms with Crippen molar-refractivity contribution >= 4 is 11.6 Å². The highest BCUT2D eigenvalue weighted by Gasteiger charge is 2.09. The molecule has 0 saturated heterocycles. The first-order valence-electron chi connectivity index (χ1n) is 7.71. The Labute approximate surface area is 141 Å². The zero-order valence-electron chi connectivity index (χ0n) is 13.2. The van der Waals surface area contributed by atoms with Gasteiger partial charge in [-0.1, -0.05) is 35.9 Å². The highest BCUT2D eigenvalue weighted by atomic mass is 35.5. The van der Waals surface area contributed by atoms with Gasteiger partial charge in [-0.3, -0.25) is 0 Å². The fourth-order valence-electron chi connectivity index (χ4n) is 2.22. The maximum atomic E-state index is 13.8. The quantitative estimate of drug-likeness (QED) is 0.684. The average Bonchev–Trinajstić information content (AvgIpc) is 2.55. The maximum Gasteiger partial charge on any atom is 0.131 e. The Morgan fingerprint density at radius 3 is 2.70 bits per heavy atom. The lowest BCUT2D eigenvalue weighted by atomic mass is 10.2. The second-order valence-corrected chi connectivity index (χ2v) is 5.64. The number of benzene rings is 2. The molecule has 2 N–H and O–H groups in total. The molecule has 2 aromatic carbocycles. The first-order chi connectivity index (χ1) is 11.2. The zero-order chi connectivity index (χ0) is 16.5. The number of hydrogen-bond donors (Lipinski definition) is 2. The summed E-state index contributed by atoms with van der Waals surface area (Å²) in [5, 5.41) is 6.87. The predicted molar refractivity (Wildman–Crippen MR) is 92.4 cm³/mol. The fourth-order valence-corrected chi connectivity index (χ4v) is 2.44. The van der Waals surface area contributed by atoms with Crippen LogP contribution in [0.3, 0.4) is 0 Å². The molecule has 0 bridgehead atoms. The molecular formula is C18H22ClFN2O. The molecular weight excluding hydrogens is 315 g/mol. The lowest BCUT2D eigenvalue weighted by Crippen LogP contribution is -2.19. The Kier molecular flexibility index (Phi) is 7.33. The van der Waals surface area contributed by atoms with Crippen molar-refractivity contribution in [2.75, 3.05) is 20.1 Å². The fraction of sp³-hybridized carbons (Fsp3) is 0.333. The van der Waals surface area contributed by atoms with Crippen molar-refractivity contribution in [1.82, 2.24) is 10.6 Å². The first kappa shape index (κ1) is 17.7. The predicted octanol–water partition coefficient (Wildman–Crippen LogP) is 3.76. The molecule has 0 saturated carbocycles. The van der Waals surface area contributed by atoms with Crippen LogP contribution < -0.4 is 15.4 Å². The topological polar surface area (TPSA) is 33.3 Å². The average molecular weight is 337 g/mol. The highest BCUT2D eigenvalue weighted by Crippen LogP contribution is 2.23. The minimum Gasteiger partial charge on any atom is -0.488 e. The van der Waals surface area contributed by atoms with Gasteiger partial charge < -0.3 is 15.4 Å². The number of rotatable bonds is 9. The van der Waals surface area contributed by atoms with Crippen LogP contribution in [0.25, 0.3) is 0 Å². The number of para-hydroxylation sites is 1. The molecule has 0 aliphatic rings. The third-order valence-electron chi connectivity index (χ3n) is 3.50. The normalized spacial score (nSPS) is 10.7. The molecule has 5 heteroatoms. The van der Waals surface area contributed by atoms with E-state index in [4.69, 9.17) is 16.3 Å². The van der Waals surface area contributed by atoms with E-state index >= 15 is 0 Å². The van der Waals surface area contributed by atoms with E-state index in [1.807, 2.05) is 31.3 Å². The van der Waals surface area contributed by atoms with Gasteiger partial charge in [0.25, 0.3) is 0 Å². The van der Waals surface area contributed by atoms with Gasteiger partial charge in [-0.2, -0.15) is 0 Å². The van der Waals surface area contributed by atoms with Crippen LogP contribution in [0.15, 0.2) is 42.5 Å². The van der Waals surface area contributed by atoms with Gasteiger partial charge in [-0.25, -0.2) is 4.39 Å². The van der Waals surface area contributed by atoms with E-state index in [0.717, 1.165) is 30.8 Å². The van der Waals surface area contributed by atoms with Crippen LogP contribution in [-0.4, -0.2) is 20.1 Å². The molecule has 0 amide bonds. The van der Waals surface area contributed by atoms with Gasteiger partial charge in [0, 0.05) is 17.7 Å². The minimum atomic E-state index is -0.347. The number of ether oxygens (including phenoxy) is 1. The third kappa shape index (κ3) is 5.50. The summed E-state index contributed by atoms with van der Waals surface area (Å²) in [4.78, 5) is 0. The Morgan fingerprint density at radius 2 is 1.91 bits per heavy atom. The third-order valence-corrected chi connectivity index (χ3v) is 3.86. The van der Waals surface area contributed by atoms with Crippen molar-refractivity contribution in [2.45, 2.75) is 19.6 Å². The Hall–Kier alpha value is -1.62. The Morgan fingerprint density at radius 1 is 1.09 bits per heavy atom. The molecule has 0 aliphatic carbocycles. The van der Waals surface area contributed by atoms with E-state index in [1.165, 1.54) is 6.07 Å². The van der Waals surface area contributed by atoms with Crippen molar-refractivity contribution < 1.29 is 9.13 Å². The van der Waals surface area contributed by atoms with Crippen molar-refractivity contribution in [3.8, 4) is 5.75 Å². The van der Waals surface area contributed by atoms with E-state index in [9.17, 15) is 4.39 Å². The molecule has 0 spiro atoms. The van der Waals surface area contributed by atoms with Gasteiger partial charge in [-0.05, 0) is 44.8 Å². The summed E-state index contributed by atoms with van der Waals surface area (Å²) >= 11 is 6.03. The number of nitrogens with one attached hydrogen (secondary N) is 2. The van der Waals surface area contributed by atoms with Gasteiger partial charge >= 0.3 is 0 Å². The summed E-state index contributed by atoms with van der Waals surface area (Å²) in [5.41, 5.74) is 1.43. The van der Waals surface area contributed by atoms with E-state index in [1.54, 1.807) is 12.1 Å². The van der Waals surface area contributed by atoms with Gasteiger partial charge in [0.15, 0.2) is 0 Å². The molecule has 0 radical (unpaired) electrons. The van der Waals surface area contributed by atoms with E-state index < -0.39 is 0 Å². The summed E-state index contributed by atoms with van der Waals surface area (Å²) in [6.45, 7) is 2.73. The standard InChI is InChI=1S/C18H22ClFN2O/c1-21-10-5-11-22-12-14-6-2-3-9-18(14)23-13-15-16(19)7-4-8-17(15)20/h2-4,6-9,21-22H,5,10-13H2,1H3. The second kappa shape index (κ2) is 9.50. The lowest BCUT2D eigenvalue weighted by molar-refractivity contribution is 0.296. The smallest absolute Gasteiger partial charge is 0.131 e. The van der Waals surface area contributed by atoms with Crippen LogP contribution in [0.4, 0.5) is 4.39 Å². The Bertz CT molecular complexity index is 601. The van der Waals surface area contributed by atoms with Crippen LogP contribution in [0.5, 0.6) is 5.75 Å². The second-order valence-electron chi connectivity index (χ2n) is 5.23. The van der Waals surface area contributed by atoms with Crippen LogP contribution in [0.1, 0.15) is 17.5 Å². The summed E-state index contributed by atoms with van der Waals surface area (Å²) in [6, 6.07) is 12.4. The van der Waals surface area contributed by atoms with Crippen molar-refractivity contribution in [3.63, 3.8) is 0 Å². The van der Waals surface area contributed by atoms with Crippen LogP contribution in [0.2, 0.25) is 5.02 Å². The molecule has 23 heavy (non-hydrogen) atoms. The van der Waals surface area contributed by atoms with Gasteiger partial charge in [-0.15, -0.1) is 0 Å². The van der Waals surface area contributed by atoms with Crippen molar-refractivity contribution in [3.05, 3.63) is 64.4 Å². The molecule has 0 heterocycles. The molecule has 0 fully saturated rings. The van der Waals surface area contributed by atoms with Gasteiger partial charge in [0.1, 0.15) is 18.2 Å². The van der Waals surface area contributed by atoms with Crippen LogP contribution >= 0.6 is 11.6 Å². The largest absolute Gasteiger partial charge is 0.488 e. The SMILES string of the molecule is CNCCCNCc1ccccc1OCc1c(F)cccc1Cl. The summed E-state index contributed by atoms with van der Waals surface area (Å²) < 4.78 is 19.6. The zero-order valence-corrected chi connectivity index (χ0v) is 14.0. The Balaban J connectivity index is 1.95. The lowest BCUT2D eigenvalue weighted by Gasteiger charge is -2.13. The van der Waals surface area contributed by atoms with Crippen molar-refractivity contribution in [1.29, 1.82) is 0 Å². The summed E-state index contributed by atoms with van der Waals surface area (Å²) in [6.07, 6.45) is 1.06. The summed E-state index contributed by atoms with van der Waals surface area (Å²) in [5.74, 6) is 0.396. The number of halogens is 2. The van der Waals surface area contributed by atoms with E-state index in [0.29, 0.717) is 17.1 Å². The molecule has 124 valence electrons. The molecule has 0 atom stereocenters. The van der Waals surface area contributed by atoms with E-state index in [2.05, 4.69) is 10.6 Å². The monoisotopic (exact) mass is 336 g/mol. The van der Waals surface area contributed by atoms with Crippen molar-refractivity contribution in [2.24, 2.45) is 0 Å². The first-order valence-corrected chi connectivity index (χ1v) is 8.09. The minimum absolute atomic E-state index is 0.113. The molecule has 2 aromatic rings. The summed E-state index contributed by atoms with van der Waals surface area (Å²) in [7, 11) is 1.94.